The third-order valence-electron chi connectivity index (χ3n) is 15.5. The summed E-state index contributed by atoms with van der Waals surface area (Å²) in [6.45, 7) is 13.9. The molecule has 2 heteroatoms. The summed E-state index contributed by atoms with van der Waals surface area (Å²) in [6.07, 6.45) is 0. The van der Waals surface area contributed by atoms with Gasteiger partial charge in [-0.3, -0.25) is 0 Å². The lowest BCUT2D eigenvalue weighted by Gasteiger charge is -2.28. The highest BCUT2D eigenvalue weighted by Gasteiger charge is 2.24. The number of fused-ring (bicyclic) bond motifs is 3. The van der Waals surface area contributed by atoms with Gasteiger partial charge in [0, 0.05) is 32.9 Å². The van der Waals surface area contributed by atoms with E-state index >= 15 is 0 Å². The number of hydrogen-bond donors (Lipinski definition) is 0. The molecule has 12 aromatic carbocycles. The summed E-state index contributed by atoms with van der Waals surface area (Å²) in [7, 11) is 0. The molecule has 0 aliphatic carbocycles. The Morgan fingerprint density at radius 2 is 0.730 bits per heavy atom. The van der Waals surface area contributed by atoms with Gasteiger partial charge in [-0.15, -0.1) is 0 Å². The van der Waals surface area contributed by atoms with Crippen molar-refractivity contribution in [3.05, 3.63) is 254 Å². The van der Waals surface area contributed by atoms with Gasteiger partial charge in [-0.05, 0) is 155 Å². The lowest BCUT2D eigenvalue weighted by molar-refractivity contribution is 0.590. The predicted octanol–water partition coefficient (Wildman–Crippen LogP) is 20.4. The van der Waals surface area contributed by atoms with Gasteiger partial charge in [-0.25, -0.2) is 0 Å². The number of rotatable bonds is 8. The van der Waals surface area contributed by atoms with Crippen molar-refractivity contribution >= 4 is 71.2 Å². The summed E-state index contributed by atoms with van der Waals surface area (Å²) >= 11 is 0. The van der Waals surface area contributed by atoms with Crippen LogP contribution in [-0.2, 0) is 10.8 Å². The van der Waals surface area contributed by atoms with Gasteiger partial charge in [-0.2, -0.15) is 0 Å². The molecule has 0 aliphatic rings. The van der Waals surface area contributed by atoms with E-state index in [0.717, 1.165) is 17.1 Å². The first kappa shape index (κ1) is 45.2. The van der Waals surface area contributed by atoms with Crippen molar-refractivity contribution in [3.8, 4) is 50.2 Å². The average Bonchev–Trinajstić information content (AvgIpc) is 3.76. The Kier molecular flexibility index (Phi) is 10.7. The predicted molar refractivity (Wildman–Crippen MR) is 318 cm³/mol. The fourth-order valence-corrected chi connectivity index (χ4v) is 11.4. The first-order chi connectivity index (χ1) is 35.9. The minimum Gasteiger partial charge on any atom is -0.310 e. The Morgan fingerprint density at radius 1 is 0.297 bits per heavy atom. The summed E-state index contributed by atoms with van der Waals surface area (Å²) < 4.78 is 2.53. The molecule has 1 aromatic heterocycles. The third-order valence-corrected chi connectivity index (χ3v) is 15.5. The SMILES string of the molecule is CC(C)(C)c1ccc2c(c1)c1cc(C(C)(C)C)ccc1n2-c1ccc2ccc3c(N(c4ccc(-c5cccc(-c6ccccc6)c5)cc4)c4cccc(-c5ccc(-c6ccccc6)cc5)c4)ccc4ccc1c2c43. The van der Waals surface area contributed by atoms with Crippen molar-refractivity contribution in [1.29, 1.82) is 0 Å². The summed E-state index contributed by atoms with van der Waals surface area (Å²) in [6, 6.07) is 90.3. The van der Waals surface area contributed by atoms with Crippen LogP contribution in [0.1, 0.15) is 52.7 Å². The molecule has 0 amide bonds. The lowest BCUT2D eigenvalue weighted by Crippen LogP contribution is -2.11. The minimum atomic E-state index is 0.0226. The molecule has 13 aromatic rings. The maximum atomic E-state index is 2.53. The Morgan fingerprint density at radius 3 is 1.30 bits per heavy atom. The lowest BCUT2D eigenvalue weighted by atomic mass is 9.85. The van der Waals surface area contributed by atoms with Crippen LogP contribution in [0.5, 0.6) is 0 Å². The van der Waals surface area contributed by atoms with Crippen molar-refractivity contribution in [1.82, 2.24) is 4.57 Å². The van der Waals surface area contributed by atoms with Crippen molar-refractivity contribution in [2.45, 2.75) is 52.4 Å². The summed E-state index contributed by atoms with van der Waals surface area (Å²) in [5, 5.41) is 10.1. The molecule has 0 radical (unpaired) electrons. The quantitative estimate of drug-likeness (QED) is 0.138. The summed E-state index contributed by atoms with van der Waals surface area (Å²) in [5.41, 5.74) is 19.3. The van der Waals surface area contributed by atoms with Crippen LogP contribution in [0.3, 0.4) is 0 Å². The standard InChI is InChI=1S/C72H58N2/c1-71(2,3)57-33-41-67-63(45-57)64-46-58(72(4,5)6)34-42-68(64)74(67)66-40-32-53-29-37-61-65(39-31-52-30-38-62(66)70(53)69(52)61)73(59-35-27-51(28-36-59)55-20-13-19-54(43-55)48-17-11-8-12-18-48)60-22-14-21-56(44-60)50-25-23-49(24-26-50)47-15-9-7-10-16-47/h7-46H,1-6H3. The second kappa shape index (κ2) is 17.5. The average molecular weight is 951 g/mol. The zero-order valence-electron chi connectivity index (χ0n) is 43.0. The number of anilines is 3. The number of nitrogens with zero attached hydrogens (tertiary/aromatic N) is 2. The molecule has 0 fully saturated rings. The molecule has 0 unspecified atom stereocenters. The topological polar surface area (TPSA) is 8.17 Å². The number of hydrogen-bond acceptors (Lipinski definition) is 1. The molecule has 0 spiro atoms. The van der Waals surface area contributed by atoms with Crippen LogP contribution < -0.4 is 4.90 Å². The molecule has 1 heterocycles. The third kappa shape index (κ3) is 7.81. The molecule has 356 valence electrons. The Balaban J connectivity index is 0.991. The molecule has 0 atom stereocenters. The Hall–Kier alpha value is -8.72. The highest BCUT2D eigenvalue weighted by atomic mass is 15.1. The van der Waals surface area contributed by atoms with E-state index in [0.29, 0.717) is 0 Å². The van der Waals surface area contributed by atoms with E-state index < -0.39 is 0 Å². The van der Waals surface area contributed by atoms with Gasteiger partial charge >= 0.3 is 0 Å². The smallest absolute Gasteiger partial charge is 0.0541 e. The van der Waals surface area contributed by atoms with E-state index in [1.165, 1.54) is 115 Å². The maximum absolute atomic E-state index is 2.53. The van der Waals surface area contributed by atoms with Gasteiger partial charge in [0.2, 0.25) is 0 Å². The molecule has 0 saturated heterocycles. The molecule has 0 saturated carbocycles. The van der Waals surface area contributed by atoms with Gasteiger partial charge in [0.1, 0.15) is 0 Å². The molecule has 13 rings (SSSR count). The largest absolute Gasteiger partial charge is 0.310 e. The zero-order chi connectivity index (χ0) is 50.3. The van der Waals surface area contributed by atoms with Crippen LogP contribution in [0.2, 0.25) is 0 Å². The highest BCUT2D eigenvalue weighted by Crippen LogP contribution is 2.47. The van der Waals surface area contributed by atoms with Crippen LogP contribution in [0, 0.1) is 0 Å². The molecule has 0 N–H and O–H groups in total. The van der Waals surface area contributed by atoms with E-state index in [4.69, 9.17) is 0 Å². The van der Waals surface area contributed by atoms with Crippen LogP contribution in [0.25, 0.3) is 104 Å². The molecule has 0 bridgehead atoms. The fraction of sp³-hybridized carbons (Fsp3) is 0.111. The van der Waals surface area contributed by atoms with E-state index in [1.54, 1.807) is 0 Å². The first-order valence-corrected chi connectivity index (χ1v) is 26.1. The van der Waals surface area contributed by atoms with Crippen LogP contribution in [0.15, 0.2) is 243 Å². The van der Waals surface area contributed by atoms with Gasteiger partial charge in [0.15, 0.2) is 0 Å². The first-order valence-electron chi connectivity index (χ1n) is 26.1. The van der Waals surface area contributed by atoms with Crippen molar-refractivity contribution in [3.63, 3.8) is 0 Å². The molecule has 2 nitrogen and oxygen atoms in total. The molecule has 0 aliphatic heterocycles. The highest BCUT2D eigenvalue weighted by molar-refractivity contribution is 6.27. The van der Waals surface area contributed by atoms with Crippen LogP contribution in [-0.4, -0.2) is 4.57 Å². The van der Waals surface area contributed by atoms with E-state index in [1.807, 2.05) is 0 Å². The van der Waals surface area contributed by atoms with Crippen LogP contribution in [0.4, 0.5) is 17.1 Å². The second-order valence-electron chi connectivity index (χ2n) is 22.2. The zero-order valence-corrected chi connectivity index (χ0v) is 43.0. The van der Waals surface area contributed by atoms with Gasteiger partial charge in [0.25, 0.3) is 0 Å². The minimum absolute atomic E-state index is 0.0226. The maximum Gasteiger partial charge on any atom is 0.0541 e. The van der Waals surface area contributed by atoms with Crippen molar-refractivity contribution in [2.24, 2.45) is 0 Å². The van der Waals surface area contributed by atoms with Crippen molar-refractivity contribution < 1.29 is 0 Å². The van der Waals surface area contributed by atoms with Crippen LogP contribution >= 0.6 is 0 Å². The van der Waals surface area contributed by atoms with Crippen molar-refractivity contribution in [2.75, 3.05) is 4.90 Å². The van der Waals surface area contributed by atoms with Gasteiger partial charge < -0.3 is 9.47 Å². The second-order valence-corrected chi connectivity index (χ2v) is 22.2. The molecular formula is C72H58N2. The van der Waals surface area contributed by atoms with Gasteiger partial charge in [-0.1, -0.05) is 217 Å². The Labute approximate surface area is 434 Å². The summed E-state index contributed by atoms with van der Waals surface area (Å²) in [5.74, 6) is 0. The van der Waals surface area contributed by atoms with E-state index in [9.17, 15) is 0 Å². The monoisotopic (exact) mass is 950 g/mol. The van der Waals surface area contributed by atoms with Gasteiger partial charge in [0.05, 0.1) is 22.4 Å². The van der Waals surface area contributed by atoms with E-state index in [-0.39, 0.29) is 10.8 Å². The Bertz CT molecular complexity index is 4150. The fourth-order valence-electron chi connectivity index (χ4n) is 11.4. The number of benzene rings is 12. The normalized spacial score (nSPS) is 12.2. The number of aromatic nitrogens is 1. The molecular weight excluding hydrogens is 893 g/mol. The molecule has 74 heavy (non-hydrogen) atoms. The van der Waals surface area contributed by atoms with E-state index in [2.05, 4.69) is 294 Å². The summed E-state index contributed by atoms with van der Waals surface area (Å²) in [4.78, 5) is 2.46.